The molecule has 0 radical (unpaired) electrons. The molecule has 1 heterocycles. The van der Waals surface area contributed by atoms with E-state index in [-0.39, 0.29) is 12.5 Å². The van der Waals surface area contributed by atoms with E-state index in [1.54, 1.807) is 0 Å². The molecule has 1 unspecified atom stereocenters. The SMILES string of the molecule is CC(CO)c1ccc2c(c1)CN(C1CC1)C2. The van der Waals surface area contributed by atoms with Gasteiger partial charge in [0.15, 0.2) is 0 Å². The molecule has 1 fully saturated rings. The highest BCUT2D eigenvalue weighted by atomic mass is 16.3. The molecule has 2 nitrogen and oxygen atoms in total. The number of benzene rings is 1. The highest BCUT2D eigenvalue weighted by molar-refractivity contribution is 5.36. The number of fused-ring (bicyclic) bond motifs is 1. The van der Waals surface area contributed by atoms with Crippen LogP contribution >= 0.6 is 0 Å². The lowest BCUT2D eigenvalue weighted by atomic mass is 9.98. The van der Waals surface area contributed by atoms with Crippen LogP contribution in [0.2, 0.25) is 0 Å². The Morgan fingerprint density at radius 2 is 2.06 bits per heavy atom. The summed E-state index contributed by atoms with van der Waals surface area (Å²) in [6.45, 7) is 4.57. The van der Waals surface area contributed by atoms with Gasteiger partial charge in [0.05, 0.1) is 0 Å². The van der Waals surface area contributed by atoms with Gasteiger partial charge in [-0.25, -0.2) is 0 Å². The quantitative estimate of drug-likeness (QED) is 0.839. The third-order valence-corrected chi connectivity index (χ3v) is 3.88. The summed E-state index contributed by atoms with van der Waals surface area (Å²) in [6, 6.07) is 7.57. The Hall–Kier alpha value is -0.860. The fourth-order valence-corrected chi connectivity index (χ4v) is 2.55. The summed E-state index contributed by atoms with van der Waals surface area (Å²) in [4.78, 5) is 2.58. The third-order valence-electron chi connectivity index (χ3n) is 3.88. The lowest BCUT2D eigenvalue weighted by Gasteiger charge is -2.12. The van der Waals surface area contributed by atoms with E-state index in [1.165, 1.54) is 29.5 Å². The molecular formula is C14H19NO. The maximum atomic E-state index is 9.18. The van der Waals surface area contributed by atoms with Crippen molar-refractivity contribution in [3.63, 3.8) is 0 Å². The minimum absolute atomic E-state index is 0.241. The van der Waals surface area contributed by atoms with Gasteiger partial charge in [0.1, 0.15) is 0 Å². The topological polar surface area (TPSA) is 23.5 Å². The molecule has 1 saturated carbocycles. The zero-order valence-electron chi connectivity index (χ0n) is 9.82. The summed E-state index contributed by atoms with van der Waals surface area (Å²) >= 11 is 0. The first-order valence-corrected chi connectivity index (χ1v) is 6.24. The second-order valence-electron chi connectivity index (χ2n) is 5.25. The van der Waals surface area contributed by atoms with Crippen molar-refractivity contribution < 1.29 is 5.11 Å². The highest BCUT2D eigenvalue weighted by Gasteiger charge is 2.32. The average molecular weight is 217 g/mol. The molecule has 3 rings (SSSR count). The van der Waals surface area contributed by atoms with Crippen LogP contribution in [0.25, 0.3) is 0 Å². The number of aliphatic hydroxyl groups excluding tert-OH is 1. The Balaban J connectivity index is 1.82. The molecule has 1 N–H and O–H groups in total. The van der Waals surface area contributed by atoms with Gasteiger partial charge in [0.25, 0.3) is 0 Å². The number of rotatable bonds is 3. The fraction of sp³-hybridized carbons (Fsp3) is 0.571. The number of hydrogen-bond acceptors (Lipinski definition) is 2. The summed E-state index contributed by atoms with van der Waals surface area (Å²) in [6.07, 6.45) is 2.77. The van der Waals surface area contributed by atoms with Gasteiger partial charge >= 0.3 is 0 Å². The molecule has 1 atom stereocenters. The maximum Gasteiger partial charge on any atom is 0.0497 e. The van der Waals surface area contributed by atoms with Gasteiger partial charge < -0.3 is 5.11 Å². The predicted molar refractivity (Wildman–Crippen MR) is 64.2 cm³/mol. The lowest BCUT2D eigenvalue weighted by Crippen LogP contribution is -2.18. The molecule has 1 aliphatic heterocycles. The van der Waals surface area contributed by atoms with E-state index in [0.717, 1.165) is 19.1 Å². The van der Waals surface area contributed by atoms with Crippen molar-refractivity contribution in [3.05, 3.63) is 34.9 Å². The monoisotopic (exact) mass is 217 g/mol. The molecule has 86 valence electrons. The molecule has 0 saturated heterocycles. The predicted octanol–water partition coefficient (Wildman–Crippen LogP) is 2.26. The van der Waals surface area contributed by atoms with Gasteiger partial charge in [-0.3, -0.25) is 4.90 Å². The molecule has 1 aliphatic carbocycles. The molecule has 0 bridgehead atoms. The fourth-order valence-electron chi connectivity index (χ4n) is 2.55. The Morgan fingerprint density at radius 3 is 2.75 bits per heavy atom. The van der Waals surface area contributed by atoms with Crippen LogP contribution in [0.3, 0.4) is 0 Å². The molecule has 2 heteroatoms. The Morgan fingerprint density at radius 1 is 1.31 bits per heavy atom. The molecule has 0 spiro atoms. The second kappa shape index (κ2) is 3.86. The van der Waals surface area contributed by atoms with Crippen LogP contribution in [0, 0.1) is 0 Å². The van der Waals surface area contributed by atoms with Gasteiger partial charge in [0, 0.05) is 31.7 Å². The third kappa shape index (κ3) is 1.76. The number of nitrogens with zero attached hydrogens (tertiary/aromatic N) is 1. The van der Waals surface area contributed by atoms with Crippen molar-refractivity contribution >= 4 is 0 Å². The van der Waals surface area contributed by atoms with E-state index in [0.29, 0.717) is 0 Å². The normalized spacial score (nSPS) is 22.1. The number of hydrogen-bond donors (Lipinski definition) is 1. The first-order chi connectivity index (χ1) is 7.78. The van der Waals surface area contributed by atoms with Crippen molar-refractivity contribution in [1.29, 1.82) is 0 Å². The highest BCUT2D eigenvalue weighted by Crippen LogP contribution is 2.35. The summed E-state index contributed by atoms with van der Waals surface area (Å²) < 4.78 is 0. The molecule has 1 aromatic carbocycles. The molecule has 2 aliphatic rings. The maximum absolute atomic E-state index is 9.18. The standard InChI is InChI=1S/C14H19NO/c1-10(9-16)11-2-3-12-7-15(14-4-5-14)8-13(12)6-11/h2-3,6,10,14,16H,4-5,7-9H2,1H3. The Bertz CT molecular complexity index is 398. The van der Waals surface area contributed by atoms with Gasteiger partial charge in [-0.05, 0) is 29.5 Å². The summed E-state index contributed by atoms with van der Waals surface area (Å²) in [5.74, 6) is 0.264. The van der Waals surface area contributed by atoms with Crippen molar-refractivity contribution in [2.75, 3.05) is 6.61 Å². The van der Waals surface area contributed by atoms with Crippen LogP contribution in [-0.4, -0.2) is 22.7 Å². The van der Waals surface area contributed by atoms with E-state index in [2.05, 4.69) is 30.0 Å². The van der Waals surface area contributed by atoms with Crippen LogP contribution in [0.4, 0.5) is 0 Å². The summed E-state index contributed by atoms with van der Waals surface area (Å²) in [5.41, 5.74) is 4.24. The van der Waals surface area contributed by atoms with Crippen LogP contribution in [0.15, 0.2) is 18.2 Å². The zero-order valence-corrected chi connectivity index (χ0v) is 9.82. The molecule has 1 aromatic rings. The van der Waals surface area contributed by atoms with E-state index in [1.807, 2.05) is 0 Å². The molecular weight excluding hydrogens is 198 g/mol. The van der Waals surface area contributed by atoms with Crippen LogP contribution in [0.1, 0.15) is 42.4 Å². The van der Waals surface area contributed by atoms with Gasteiger partial charge in [0.2, 0.25) is 0 Å². The first kappa shape index (κ1) is 10.3. The Labute approximate surface area is 96.9 Å². The number of aliphatic hydroxyl groups is 1. The molecule has 16 heavy (non-hydrogen) atoms. The van der Waals surface area contributed by atoms with Crippen molar-refractivity contribution in [3.8, 4) is 0 Å². The van der Waals surface area contributed by atoms with Crippen LogP contribution in [-0.2, 0) is 13.1 Å². The average Bonchev–Trinajstić information content (AvgIpc) is 3.07. The van der Waals surface area contributed by atoms with E-state index in [9.17, 15) is 5.11 Å². The van der Waals surface area contributed by atoms with Crippen molar-refractivity contribution in [2.24, 2.45) is 0 Å². The smallest absolute Gasteiger partial charge is 0.0497 e. The Kier molecular flexibility index (Phi) is 2.49. The largest absolute Gasteiger partial charge is 0.396 e. The molecule has 0 amide bonds. The van der Waals surface area contributed by atoms with E-state index >= 15 is 0 Å². The van der Waals surface area contributed by atoms with Crippen LogP contribution < -0.4 is 0 Å². The summed E-state index contributed by atoms with van der Waals surface area (Å²) in [5, 5.41) is 9.18. The zero-order chi connectivity index (χ0) is 11.1. The van der Waals surface area contributed by atoms with Crippen molar-refractivity contribution in [2.45, 2.75) is 44.8 Å². The van der Waals surface area contributed by atoms with Crippen molar-refractivity contribution in [1.82, 2.24) is 4.90 Å². The second-order valence-corrected chi connectivity index (χ2v) is 5.25. The van der Waals surface area contributed by atoms with E-state index in [4.69, 9.17) is 0 Å². The van der Waals surface area contributed by atoms with Gasteiger partial charge in [-0.15, -0.1) is 0 Å². The van der Waals surface area contributed by atoms with Gasteiger partial charge in [-0.2, -0.15) is 0 Å². The van der Waals surface area contributed by atoms with E-state index < -0.39 is 0 Å². The minimum Gasteiger partial charge on any atom is -0.396 e. The minimum atomic E-state index is 0.241. The lowest BCUT2D eigenvalue weighted by molar-refractivity contribution is 0.271. The summed E-state index contributed by atoms with van der Waals surface area (Å²) in [7, 11) is 0. The van der Waals surface area contributed by atoms with Gasteiger partial charge in [-0.1, -0.05) is 25.1 Å². The molecule has 0 aromatic heterocycles. The van der Waals surface area contributed by atoms with Crippen LogP contribution in [0.5, 0.6) is 0 Å². The first-order valence-electron chi connectivity index (χ1n) is 6.24.